The van der Waals surface area contributed by atoms with Crippen molar-refractivity contribution in [1.82, 2.24) is 9.78 Å². The summed E-state index contributed by atoms with van der Waals surface area (Å²) in [5.41, 5.74) is 1.57. The van der Waals surface area contributed by atoms with Crippen molar-refractivity contribution < 1.29 is 4.79 Å². The van der Waals surface area contributed by atoms with Crippen LogP contribution in [0, 0.1) is 0 Å². The molecule has 0 radical (unpaired) electrons. The van der Waals surface area contributed by atoms with E-state index in [0.29, 0.717) is 33.4 Å². The molecule has 0 amide bonds. The molecule has 0 aliphatic rings. The molecular formula is C13H12Cl2N2O. The number of carbonyl (C=O) groups is 1. The zero-order valence-corrected chi connectivity index (χ0v) is 11.6. The molecule has 0 fully saturated rings. The molecule has 1 heterocycles. The van der Waals surface area contributed by atoms with Crippen molar-refractivity contribution in [2.75, 3.05) is 0 Å². The van der Waals surface area contributed by atoms with Crippen molar-refractivity contribution in [1.29, 1.82) is 0 Å². The molecule has 0 saturated carbocycles. The Labute approximate surface area is 115 Å². The molecule has 2 aromatic rings. The first kappa shape index (κ1) is 13.1. The summed E-state index contributed by atoms with van der Waals surface area (Å²) in [5, 5.41) is 4.99. The van der Waals surface area contributed by atoms with Gasteiger partial charge in [-0.15, -0.1) is 0 Å². The van der Waals surface area contributed by atoms with Crippen molar-refractivity contribution in [2.24, 2.45) is 7.05 Å². The monoisotopic (exact) mass is 282 g/mol. The molecular weight excluding hydrogens is 271 g/mol. The maximum atomic E-state index is 12.5. The minimum Gasteiger partial charge on any atom is -0.288 e. The van der Waals surface area contributed by atoms with Gasteiger partial charge in [0.05, 0.1) is 16.3 Å². The topological polar surface area (TPSA) is 34.9 Å². The van der Waals surface area contributed by atoms with Gasteiger partial charge in [0, 0.05) is 12.6 Å². The standard InChI is InChI=1S/C13H12Cl2N2O/c1-3-10-11(13(15)17(2)16-10)12(18)8-6-4-5-7-9(8)14/h4-7H,3H2,1-2H3. The third-order valence-corrected chi connectivity index (χ3v) is 3.49. The summed E-state index contributed by atoms with van der Waals surface area (Å²) in [4.78, 5) is 12.5. The first-order valence-electron chi connectivity index (χ1n) is 5.56. The van der Waals surface area contributed by atoms with E-state index in [2.05, 4.69) is 5.10 Å². The fourth-order valence-electron chi connectivity index (χ4n) is 1.81. The highest BCUT2D eigenvalue weighted by molar-refractivity contribution is 6.37. The van der Waals surface area contributed by atoms with E-state index in [-0.39, 0.29) is 5.78 Å². The average molecular weight is 283 g/mol. The SMILES string of the molecule is CCc1nn(C)c(Cl)c1C(=O)c1ccccc1Cl. The van der Waals surface area contributed by atoms with Gasteiger partial charge in [-0.25, -0.2) is 0 Å². The maximum Gasteiger partial charge on any atom is 0.199 e. The second kappa shape index (κ2) is 5.12. The molecule has 3 nitrogen and oxygen atoms in total. The van der Waals surface area contributed by atoms with Crippen molar-refractivity contribution >= 4 is 29.0 Å². The summed E-state index contributed by atoms with van der Waals surface area (Å²) >= 11 is 12.2. The number of hydrogen-bond donors (Lipinski definition) is 0. The Balaban J connectivity index is 2.56. The Hall–Kier alpha value is -1.32. The van der Waals surface area contributed by atoms with E-state index in [0.717, 1.165) is 0 Å². The summed E-state index contributed by atoms with van der Waals surface area (Å²) in [6.45, 7) is 1.93. The van der Waals surface area contributed by atoms with Gasteiger partial charge in [-0.2, -0.15) is 5.10 Å². The fourth-order valence-corrected chi connectivity index (χ4v) is 2.26. The average Bonchev–Trinajstić information content (AvgIpc) is 2.65. The third-order valence-electron chi connectivity index (χ3n) is 2.73. The number of rotatable bonds is 3. The van der Waals surface area contributed by atoms with Crippen LogP contribution in [0.1, 0.15) is 28.5 Å². The van der Waals surface area contributed by atoms with E-state index in [1.165, 1.54) is 4.68 Å². The number of aryl methyl sites for hydroxylation is 2. The summed E-state index contributed by atoms with van der Waals surface area (Å²) in [5.74, 6) is -0.185. The van der Waals surface area contributed by atoms with E-state index in [1.54, 1.807) is 31.3 Å². The first-order valence-corrected chi connectivity index (χ1v) is 6.32. The number of halogens is 2. The van der Waals surface area contributed by atoms with Crippen LogP contribution >= 0.6 is 23.2 Å². The lowest BCUT2D eigenvalue weighted by Crippen LogP contribution is -2.05. The van der Waals surface area contributed by atoms with Gasteiger partial charge in [-0.3, -0.25) is 9.48 Å². The third kappa shape index (κ3) is 2.16. The lowest BCUT2D eigenvalue weighted by atomic mass is 10.0. The molecule has 0 unspecified atom stereocenters. The number of aromatic nitrogens is 2. The second-order valence-electron chi connectivity index (χ2n) is 3.90. The van der Waals surface area contributed by atoms with Gasteiger partial charge in [-0.05, 0) is 18.6 Å². The van der Waals surface area contributed by atoms with Crippen LogP contribution < -0.4 is 0 Å². The van der Waals surface area contributed by atoms with Crippen molar-refractivity contribution in [3.63, 3.8) is 0 Å². The minimum atomic E-state index is -0.185. The van der Waals surface area contributed by atoms with Crippen molar-refractivity contribution in [2.45, 2.75) is 13.3 Å². The van der Waals surface area contributed by atoms with E-state index in [1.807, 2.05) is 6.92 Å². The molecule has 0 N–H and O–H groups in total. The number of hydrogen-bond acceptors (Lipinski definition) is 2. The van der Waals surface area contributed by atoms with Crippen LogP contribution in [0.25, 0.3) is 0 Å². The zero-order valence-electron chi connectivity index (χ0n) is 10.1. The van der Waals surface area contributed by atoms with Crippen LogP contribution in [0.3, 0.4) is 0 Å². The largest absolute Gasteiger partial charge is 0.288 e. The number of ketones is 1. The van der Waals surface area contributed by atoms with Gasteiger partial charge < -0.3 is 0 Å². The predicted molar refractivity (Wildman–Crippen MR) is 72.5 cm³/mol. The van der Waals surface area contributed by atoms with Crippen LogP contribution in [-0.2, 0) is 13.5 Å². The summed E-state index contributed by atoms with van der Waals surface area (Å²) < 4.78 is 1.50. The summed E-state index contributed by atoms with van der Waals surface area (Å²) in [7, 11) is 1.71. The van der Waals surface area contributed by atoms with Gasteiger partial charge in [0.2, 0.25) is 0 Å². The lowest BCUT2D eigenvalue weighted by molar-refractivity contribution is 0.103. The van der Waals surface area contributed by atoms with Gasteiger partial charge in [0.25, 0.3) is 0 Å². The van der Waals surface area contributed by atoms with Crippen LogP contribution in [-0.4, -0.2) is 15.6 Å². The molecule has 18 heavy (non-hydrogen) atoms. The van der Waals surface area contributed by atoms with E-state index < -0.39 is 0 Å². The second-order valence-corrected chi connectivity index (χ2v) is 4.66. The molecule has 5 heteroatoms. The Bertz CT molecular complexity index is 605. The maximum absolute atomic E-state index is 12.5. The van der Waals surface area contributed by atoms with Crippen molar-refractivity contribution in [3.8, 4) is 0 Å². The number of nitrogens with zero attached hydrogens (tertiary/aromatic N) is 2. The highest BCUT2D eigenvalue weighted by Gasteiger charge is 2.22. The smallest absolute Gasteiger partial charge is 0.199 e. The Morgan fingerprint density at radius 1 is 1.33 bits per heavy atom. The molecule has 0 spiro atoms. The molecule has 0 saturated heterocycles. The quantitative estimate of drug-likeness (QED) is 0.808. The molecule has 0 atom stereocenters. The highest BCUT2D eigenvalue weighted by Crippen LogP contribution is 2.26. The number of benzene rings is 1. The van der Waals surface area contributed by atoms with Gasteiger partial charge in [0.1, 0.15) is 5.15 Å². The van der Waals surface area contributed by atoms with E-state index in [9.17, 15) is 4.79 Å². The molecule has 0 aliphatic carbocycles. The van der Waals surface area contributed by atoms with Crippen LogP contribution in [0.4, 0.5) is 0 Å². The molecule has 0 bridgehead atoms. The Morgan fingerprint density at radius 2 is 2.00 bits per heavy atom. The molecule has 2 rings (SSSR count). The summed E-state index contributed by atoms with van der Waals surface area (Å²) in [6.07, 6.45) is 0.645. The lowest BCUT2D eigenvalue weighted by Gasteiger charge is -2.03. The molecule has 0 aliphatic heterocycles. The molecule has 94 valence electrons. The normalized spacial score (nSPS) is 10.7. The van der Waals surface area contributed by atoms with E-state index in [4.69, 9.17) is 23.2 Å². The molecule has 1 aromatic carbocycles. The number of carbonyl (C=O) groups excluding carboxylic acids is 1. The van der Waals surface area contributed by atoms with E-state index >= 15 is 0 Å². The van der Waals surface area contributed by atoms with Gasteiger partial charge in [0.15, 0.2) is 5.78 Å². The Kier molecular flexibility index (Phi) is 3.73. The summed E-state index contributed by atoms with van der Waals surface area (Å²) in [6, 6.07) is 6.93. The fraction of sp³-hybridized carbons (Fsp3) is 0.231. The van der Waals surface area contributed by atoms with Crippen LogP contribution in [0.5, 0.6) is 0 Å². The van der Waals surface area contributed by atoms with Gasteiger partial charge in [-0.1, -0.05) is 42.3 Å². The molecule has 1 aromatic heterocycles. The Morgan fingerprint density at radius 3 is 2.61 bits per heavy atom. The first-order chi connectivity index (χ1) is 8.56. The highest BCUT2D eigenvalue weighted by atomic mass is 35.5. The van der Waals surface area contributed by atoms with Crippen LogP contribution in [0.2, 0.25) is 10.2 Å². The van der Waals surface area contributed by atoms with Crippen molar-refractivity contribution in [3.05, 3.63) is 51.3 Å². The zero-order chi connectivity index (χ0) is 13.3. The van der Waals surface area contributed by atoms with Gasteiger partial charge >= 0.3 is 0 Å². The minimum absolute atomic E-state index is 0.185. The van der Waals surface area contributed by atoms with Crippen LogP contribution in [0.15, 0.2) is 24.3 Å². The predicted octanol–water partition coefficient (Wildman–Crippen LogP) is 3.52.